The van der Waals surface area contributed by atoms with Crippen LogP contribution in [-0.2, 0) is 16.1 Å². The van der Waals surface area contributed by atoms with Crippen molar-refractivity contribution < 1.29 is 32.6 Å². The number of nitrogens with one attached hydrogen (secondary N) is 1. The summed E-state index contributed by atoms with van der Waals surface area (Å²) in [5, 5.41) is 10.7. The van der Waals surface area contributed by atoms with Gasteiger partial charge in [-0.1, -0.05) is 17.7 Å². The van der Waals surface area contributed by atoms with E-state index in [0.717, 1.165) is 36.3 Å². The Kier molecular flexibility index (Phi) is 8.76. The van der Waals surface area contributed by atoms with E-state index in [1.165, 1.54) is 12.8 Å². The number of aryl methyl sites for hydroxylation is 1. The van der Waals surface area contributed by atoms with Gasteiger partial charge in [0.25, 0.3) is 5.91 Å². The number of aliphatic carboxylic acids is 1. The molecule has 5 rings (SSSR count). The highest BCUT2D eigenvalue weighted by atomic mass is 35.5. The molecule has 1 saturated heterocycles. The second-order valence-electron chi connectivity index (χ2n) is 9.30. The highest BCUT2D eigenvalue weighted by Crippen LogP contribution is 2.33. The van der Waals surface area contributed by atoms with E-state index in [2.05, 4.69) is 20.2 Å². The van der Waals surface area contributed by atoms with Crippen molar-refractivity contribution in [2.75, 3.05) is 36.5 Å². The lowest BCUT2D eigenvalue weighted by molar-refractivity contribution is -0.192. The van der Waals surface area contributed by atoms with Gasteiger partial charge in [0.05, 0.1) is 13.2 Å². The number of nitrogens with zero attached hydrogens (tertiary/aromatic N) is 4. The Bertz CT molecular complexity index is 1320. The number of carboxylic acids is 1. The van der Waals surface area contributed by atoms with Crippen molar-refractivity contribution in [2.45, 2.75) is 32.5 Å². The molecule has 1 saturated carbocycles. The zero-order valence-corrected chi connectivity index (χ0v) is 21.8. The number of ether oxygens (including phenoxy) is 1. The van der Waals surface area contributed by atoms with Crippen LogP contribution in [0.3, 0.4) is 0 Å². The highest BCUT2D eigenvalue weighted by molar-refractivity contribution is 6.31. The van der Waals surface area contributed by atoms with E-state index in [-0.39, 0.29) is 5.91 Å². The van der Waals surface area contributed by atoms with Crippen molar-refractivity contribution in [3.63, 3.8) is 0 Å². The Labute approximate surface area is 227 Å². The molecule has 3 heterocycles. The minimum atomic E-state index is -5.08. The fraction of sp³-hybridized carbons (Fsp3) is 0.385. The van der Waals surface area contributed by atoms with Crippen LogP contribution in [0.1, 0.15) is 28.9 Å². The van der Waals surface area contributed by atoms with Gasteiger partial charge in [-0.25, -0.2) is 14.8 Å². The SMILES string of the molecule is Cc1ccc(NC(=O)c2cc(-c3cnc(N4CCOCC4)nc3)cn2CC2CC2)cc1Cl.O=C(O)C(F)(F)F. The van der Waals surface area contributed by atoms with Gasteiger partial charge in [-0.05, 0) is 49.4 Å². The number of carbonyl (C=O) groups is 2. The number of carboxylic acid groups (broad SMARTS) is 1. The number of hydrogen-bond donors (Lipinski definition) is 2. The lowest BCUT2D eigenvalue weighted by Crippen LogP contribution is -2.37. The molecule has 0 bridgehead atoms. The van der Waals surface area contributed by atoms with Crippen LogP contribution in [0.2, 0.25) is 5.02 Å². The van der Waals surface area contributed by atoms with Crippen molar-refractivity contribution in [3.05, 3.63) is 59.1 Å². The van der Waals surface area contributed by atoms with Crippen LogP contribution in [0.25, 0.3) is 11.1 Å². The van der Waals surface area contributed by atoms with Crippen molar-refractivity contribution in [3.8, 4) is 11.1 Å². The van der Waals surface area contributed by atoms with Crippen molar-refractivity contribution in [1.29, 1.82) is 0 Å². The van der Waals surface area contributed by atoms with Gasteiger partial charge in [-0.2, -0.15) is 13.2 Å². The number of rotatable bonds is 6. The van der Waals surface area contributed by atoms with E-state index in [0.29, 0.717) is 41.5 Å². The molecule has 2 aliphatic rings. The maximum Gasteiger partial charge on any atom is 0.490 e. The summed E-state index contributed by atoms with van der Waals surface area (Å²) in [5.74, 6) is -1.56. The number of alkyl halides is 3. The number of amides is 1. The molecule has 0 radical (unpaired) electrons. The lowest BCUT2D eigenvalue weighted by Gasteiger charge is -2.26. The van der Waals surface area contributed by atoms with Gasteiger partial charge in [0, 0.05) is 60.1 Å². The van der Waals surface area contributed by atoms with E-state index in [1.54, 1.807) is 6.07 Å². The average Bonchev–Trinajstić information content (AvgIpc) is 3.62. The van der Waals surface area contributed by atoms with Crippen LogP contribution in [0.15, 0.2) is 42.9 Å². The van der Waals surface area contributed by atoms with Crippen LogP contribution in [0, 0.1) is 12.8 Å². The van der Waals surface area contributed by atoms with Crippen LogP contribution in [0.5, 0.6) is 0 Å². The van der Waals surface area contributed by atoms with Gasteiger partial charge in [0.15, 0.2) is 0 Å². The van der Waals surface area contributed by atoms with Gasteiger partial charge in [0.2, 0.25) is 5.95 Å². The number of anilines is 2. The fourth-order valence-corrected chi connectivity index (χ4v) is 4.03. The molecule has 0 atom stereocenters. The molecule has 1 amide bonds. The van der Waals surface area contributed by atoms with E-state index in [1.807, 2.05) is 48.3 Å². The number of morpholine rings is 1. The standard InChI is InChI=1S/C24H26ClN5O2.C2HF3O2/c1-16-2-5-20(11-21(16)25)28-23(31)22-10-18(15-30(22)14-17-3-4-17)19-12-26-24(27-13-19)29-6-8-32-9-7-29;3-2(4,5)1(6)7/h2,5,10-13,15,17H,3-4,6-9,14H2,1H3,(H,28,31);(H,6,7). The molecule has 1 aromatic carbocycles. The Morgan fingerprint density at radius 2 is 1.77 bits per heavy atom. The zero-order valence-electron chi connectivity index (χ0n) is 21.0. The van der Waals surface area contributed by atoms with E-state index in [9.17, 15) is 18.0 Å². The van der Waals surface area contributed by atoms with Gasteiger partial charge in [-0.3, -0.25) is 4.79 Å². The maximum atomic E-state index is 13.1. The third kappa shape index (κ3) is 7.70. The Hall–Kier alpha value is -3.64. The molecule has 0 unspecified atom stereocenters. The molecule has 2 N–H and O–H groups in total. The number of halogens is 4. The van der Waals surface area contributed by atoms with Crippen molar-refractivity contribution in [1.82, 2.24) is 14.5 Å². The van der Waals surface area contributed by atoms with Crippen molar-refractivity contribution >= 4 is 35.1 Å². The first-order valence-corrected chi connectivity index (χ1v) is 12.6. The summed E-state index contributed by atoms with van der Waals surface area (Å²) in [6.45, 7) is 5.76. The molecule has 3 aromatic rings. The summed E-state index contributed by atoms with van der Waals surface area (Å²) in [6, 6.07) is 7.47. The van der Waals surface area contributed by atoms with E-state index < -0.39 is 12.1 Å². The van der Waals surface area contributed by atoms with Gasteiger partial charge in [0.1, 0.15) is 5.69 Å². The Balaban J connectivity index is 0.000000448. The van der Waals surface area contributed by atoms with E-state index >= 15 is 0 Å². The molecule has 1 aliphatic carbocycles. The van der Waals surface area contributed by atoms with Gasteiger partial charge >= 0.3 is 12.1 Å². The summed E-state index contributed by atoms with van der Waals surface area (Å²) in [6.07, 6.45) is 3.02. The summed E-state index contributed by atoms with van der Waals surface area (Å²) in [7, 11) is 0. The summed E-state index contributed by atoms with van der Waals surface area (Å²) >= 11 is 6.22. The molecular formula is C26H27ClF3N5O4. The first-order valence-electron chi connectivity index (χ1n) is 12.2. The van der Waals surface area contributed by atoms with E-state index in [4.69, 9.17) is 26.2 Å². The second kappa shape index (κ2) is 12.0. The number of carbonyl (C=O) groups excluding carboxylic acids is 1. The number of benzene rings is 1. The van der Waals surface area contributed by atoms with Crippen LogP contribution in [0.4, 0.5) is 24.8 Å². The third-order valence-corrected chi connectivity index (χ3v) is 6.63. The maximum absolute atomic E-state index is 13.1. The van der Waals surface area contributed by atoms with Gasteiger partial charge < -0.3 is 24.6 Å². The minimum Gasteiger partial charge on any atom is -0.475 e. The third-order valence-electron chi connectivity index (χ3n) is 6.22. The number of aromatic nitrogens is 3. The largest absolute Gasteiger partial charge is 0.490 e. The first-order chi connectivity index (χ1) is 18.5. The van der Waals surface area contributed by atoms with Crippen LogP contribution in [-0.4, -0.2) is 64.0 Å². The quantitative estimate of drug-likeness (QED) is 0.431. The molecular weight excluding hydrogens is 539 g/mol. The monoisotopic (exact) mass is 565 g/mol. The molecule has 208 valence electrons. The zero-order chi connectivity index (χ0) is 28.2. The van der Waals surface area contributed by atoms with Crippen molar-refractivity contribution in [2.24, 2.45) is 5.92 Å². The van der Waals surface area contributed by atoms with Gasteiger partial charge in [-0.15, -0.1) is 0 Å². The molecule has 9 nitrogen and oxygen atoms in total. The molecule has 0 spiro atoms. The fourth-order valence-electron chi connectivity index (χ4n) is 3.85. The molecule has 2 fully saturated rings. The topological polar surface area (TPSA) is 110 Å². The molecule has 1 aliphatic heterocycles. The normalized spacial score (nSPS) is 15.4. The Morgan fingerprint density at radius 1 is 1.13 bits per heavy atom. The predicted octanol–water partition coefficient (Wildman–Crippen LogP) is 5.04. The lowest BCUT2D eigenvalue weighted by atomic mass is 10.2. The highest BCUT2D eigenvalue weighted by Gasteiger charge is 2.38. The predicted molar refractivity (Wildman–Crippen MR) is 139 cm³/mol. The minimum absolute atomic E-state index is 0.150. The molecule has 2 aromatic heterocycles. The molecule has 39 heavy (non-hydrogen) atoms. The second-order valence-corrected chi connectivity index (χ2v) is 9.71. The van der Waals surface area contributed by atoms with Crippen LogP contribution < -0.4 is 10.2 Å². The smallest absolute Gasteiger partial charge is 0.475 e. The number of hydrogen-bond acceptors (Lipinski definition) is 6. The molecule has 13 heteroatoms. The summed E-state index contributed by atoms with van der Waals surface area (Å²) in [4.78, 5) is 33.2. The summed E-state index contributed by atoms with van der Waals surface area (Å²) in [5.41, 5.74) is 4.12. The average molecular weight is 566 g/mol. The first kappa shape index (κ1) is 28.4. The summed E-state index contributed by atoms with van der Waals surface area (Å²) < 4.78 is 39.2. The Morgan fingerprint density at radius 3 is 2.33 bits per heavy atom. The van der Waals surface area contributed by atoms with Crippen LogP contribution >= 0.6 is 11.6 Å².